The lowest BCUT2D eigenvalue weighted by molar-refractivity contribution is 0.324. The molecule has 0 unspecified atom stereocenters. The van der Waals surface area contributed by atoms with Crippen LogP contribution in [0.15, 0.2) is 39.5 Å². The number of hydrogen-bond donors (Lipinski definition) is 2. The lowest BCUT2D eigenvalue weighted by atomic mass is 10.1. The van der Waals surface area contributed by atoms with Crippen LogP contribution in [-0.2, 0) is 0 Å². The molecule has 0 atom stereocenters. The summed E-state index contributed by atoms with van der Waals surface area (Å²) in [6.07, 6.45) is 0. The largest absolute Gasteiger partial charge is 0.507 e. The first-order valence-electron chi connectivity index (χ1n) is 7.30. The van der Waals surface area contributed by atoms with Crippen LogP contribution in [0.4, 0.5) is 0 Å². The molecule has 25 heavy (non-hydrogen) atoms. The zero-order chi connectivity index (χ0) is 18.1. The molecule has 0 radical (unpaired) electrons. The number of methoxy groups -OCH3 is 3. The second-order valence-corrected chi connectivity index (χ2v) is 5.17. The molecule has 2 aromatic carbocycles. The minimum Gasteiger partial charge on any atom is -0.507 e. The normalized spacial score (nSPS) is 10.7. The first-order valence-corrected chi connectivity index (χ1v) is 7.30. The summed E-state index contributed by atoms with van der Waals surface area (Å²) in [4.78, 5) is 12.4. The summed E-state index contributed by atoms with van der Waals surface area (Å²) in [5.41, 5.74) is -0.232. The van der Waals surface area contributed by atoms with Gasteiger partial charge in [-0.15, -0.1) is 0 Å². The molecule has 0 aliphatic heterocycles. The fraction of sp³-hybridized carbons (Fsp3) is 0.167. The highest BCUT2D eigenvalue weighted by Crippen LogP contribution is 2.43. The molecule has 3 aromatic rings. The topological polar surface area (TPSA) is 98.4 Å². The lowest BCUT2D eigenvalue weighted by Gasteiger charge is -2.14. The molecule has 0 aliphatic rings. The van der Waals surface area contributed by atoms with Gasteiger partial charge in [0.25, 0.3) is 0 Å². The number of ether oxygens (including phenoxy) is 3. The van der Waals surface area contributed by atoms with Crippen molar-refractivity contribution in [2.24, 2.45) is 0 Å². The first-order chi connectivity index (χ1) is 12.0. The molecule has 3 rings (SSSR count). The van der Waals surface area contributed by atoms with Crippen molar-refractivity contribution in [3.63, 3.8) is 0 Å². The molecule has 2 N–H and O–H groups in total. The van der Waals surface area contributed by atoms with Gasteiger partial charge in [0.1, 0.15) is 16.7 Å². The second kappa shape index (κ2) is 6.27. The van der Waals surface area contributed by atoms with Gasteiger partial charge >= 0.3 is 0 Å². The van der Waals surface area contributed by atoms with Crippen molar-refractivity contribution >= 4 is 11.0 Å². The van der Waals surface area contributed by atoms with Crippen LogP contribution >= 0.6 is 0 Å². The van der Waals surface area contributed by atoms with E-state index in [1.54, 1.807) is 12.1 Å². The van der Waals surface area contributed by atoms with Crippen LogP contribution in [0.25, 0.3) is 22.3 Å². The number of phenols is 1. The van der Waals surface area contributed by atoms with Crippen molar-refractivity contribution in [1.82, 2.24) is 0 Å². The Morgan fingerprint density at radius 3 is 2.16 bits per heavy atom. The molecular formula is C18H16O7. The molecule has 130 valence electrons. The SMILES string of the molecule is COc1cc(-c2oc3cccc(O)c3c(=O)c2O)cc(OC)c1OC. The van der Waals surface area contributed by atoms with Crippen LogP contribution in [0, 0.1) is 0 Å². The van der Waals surface area contributed by atoms with E-state index in [0.29, 0.717) is 22.8 Å². The third-order valence-corrected chi connectivity index (χ3v) is 3.80. The van der Waals surface area contributed by atoms with Crippen LogP contribution in [0.2, 0.25) is 0 Å². The molecule has 0 saturated carbocycles. The Bertz CT molecular complexity index is 979. The van der Waals surface area contributed by atoms with E-state index in [4.69, 9.17) is 18.6 Å². The van der Waals surface area contributed by atoms with Crippen LogP contribution < -0.4 is 19.6 Å². The predicted molar refractivity (Wildman–Crippen MR) is 90.9 cm³/mol. The van der Waals surface area contributed by atoms with Gasteiger partial charge in [-0.2, -0.15) is 0 Å². The van der Waals surface area contributed by atoms with E-state index >= 15 is 0 Å². The maximum absolute atomic E-state index is 12.4. The molecule has 1 aromatic heterocycles. The predicted octanol–water partition coefficient (Wildman–Crippen LogP) is 2.90. The van der Waals surface area contributed by atoms with Gasteiger partial charge in [0, 0.05) is 5.56 Å². The smallest absolute Gasteiger partial charge is 0.238 e. The van der Waals surface area contributed by atoms with E-state index < -0.39 is 11.2 Å². The van der Waals surface area contributed by atoms with Gasteiger partial charge in [-0.1, -0.05) is 6.07 Å². The molecule has 0 saturated heterocycles. The molecule has 1 heterocycles. The number of hydrogen-bond acceptors (Lipinski definition) is 7. The van der Waals surface area contributed by atoms with E-state index in [1.165, 1.54) is 39.5 Å². The standard InChI is InChI=1S/C18H16O7/c1-22-12-7-9(8-13(23-2)18(12)24-3)17-16(21)15(20)14-10(19)5-4-6-11(14)25-17/h4-8,19,21H,1-3H3. The summed E-state index contributed by atoms with van der Waals surface area (Å²) in [5.74, 6) is 0.0995. The lowest BCUT2D eigenvalue weighted by Crippen LogP contribution is -2.03. The molecule has 7 heteroatoms. The Balaban J connectivity index is 2.34. The zero-order valence-corrected chi connectivity index (χ0v) is 13.8. The maximum Gasteiger partial charge on any atom is 0.238 e. The van der Waals surface area contributed by atoms with Crippen molar-refractivity contribution < 1.29 is 28.8 Å². The summed E-state index contributed by atoms with van der Waals surface area (Å²) in [7, 11) is 4.38. The van der Waals surface area contributed by atoms with Gasteiger partial charge < -0.3 is 28.8 Å². The minimum absolute atomic E-state index is 0.0673. The summed E-state index contributed by atoms with van der Waals surface area (Å²) in [6.45, 7) is 0. The maximum atomic E-state index is 12.4. The highest BCUT2D eigenvalue weighted by atomic mass is 16.5. The van der Waals surface area contributed by atoms with Gasteiger partial charge in [-0.25, -0.2) is 0 Å². The summed E-state index contributed by atoms with van der Waals surface area (Å²) in [5, 5.41) is 20.1. The Morgan fingerprint density at radius 2 is 1.60 bits per heavy atom. The molecule has 7 nitrogen and oxygen atoms in total. The van der Waals surface area contributed by atoms with Crippen LogP contribution in [-0.4, -0.2) is 31.5 Å². The van der Waals surface area contributed by atoms with E-state index in [1.807, 2.05) is 0 Å². The quantitative estimate of drug-likeness (QED) is 0.751. The molecule has 0 bridgehead atoms. The van der Waals surface area contributed by atoms with Gasteiger partial charge in [0.15, 0.2) is 17.3 Å². The molecule has 0 spiro atoms. The highest BCUT2D eigenvalue weighted by Gasteiger charge is 2.21. The fourth-order valence-electron chi connectivity index (χ4n) is 2.62. The molecular weight excluding hydrogens is 328 g/mol. The van der Waals surface area contributed by atoms with Crippen molar-refractivity contribution in [3.8, 4) is 40.1 Å². The average Bonchev–Trinajstić information content (AvgIpc) is 2.63. The van der Waals surface area contributed by atoms with E-state index in [2.05, 4.69) is 0 Å². The number of aromatic hydroxyl groups is 2. The Kier molecular flexibility index (Phi) is 4.14. The van der Waals surface area contributed by atoms with Gasteiger partial charge in [-0.05, 0) is 24.3 Å². The molecule has 0 aliphatic carbocycles. The first kappa shape index (κ1) is 16.5. The van der Waals surface area contributed by atoms with Crippen molar-refractivity contribution in [1.29, 1.82) is 0 Å². The van der Waals surface area contributed by atoms with E-state index in [0.717, 1.165) is 0 Å². The number of benzene rings is 2. The summed E-state index contributed by atoms with van der Waals surface area (Å²) < 4.78 is 21.4. The van der Waals surface area contributed by atoms with Crippen LogP contribution in [0.1, 0.15) is 0 Å². The number of rotatable bonds is 4. The zero-order valence-electron chi connectivity index (χ0n) is 13.8. The van der Waals surface area contributed by atoms with E-state index in [-0.39, 0.29) is 22.5 Å². The second-order valence-electron chi connectivity index (χ2n) is 5.17. The Labute approximate surface area is 142 Å². The molecule has 0 fully saturated rings. The minimum atomic E-state index is -0.733. The average molecular weight is 344 g/mol. The third kappa shape index (κ3) is 2.59. The van der Waals surface area contributed by atoms with E-state index in [9.17, 15) is 15.0 Å². The number of phenolic OH excluding ortho intramolecular Hbond substituents is 1. The summed E-state index contributed by atoms with van der Waals surface area (Å²) >= 11 is 0. The molecule has 0 amide bonds. The monoisotopic (exact) mass is 344 g/mol. The summed E-state index contributed by atoms with van der Waals surface area (Å²) in [6, 6.07) is 7.51. The van der Waals surface area contributed by atoms with Crippen molar-refractivity contribution in [3.05, 3.63) is 40.6 Å². The van der Waals surface area contributed by atoms with Crippen molar-refractivity contribution in [2.45, 2.75) is 0 Å². The van der Waals surface area contributed by atoms with Crippen molar-refractivity contribution in [2.75, 3.05) is 21.3 Å². The Hall–Kier alpha value is -3.35. The third-order valence-electron chi connectivity index (χ3n) is 3.80. The van der Waals surface area contributed by atoms with Gasteiger partial charge in [0.2, 0.25) is 16.9 Å². The van der Waals surface area contributed by atoms with Crippen LogP contribution in [0.3, 0.4) is 0 Å². The van der Waals surface area contributed by atoms with Gasteiger partial charge in [-0.3, -0.25) is 4.79 Å². The fourth-order valence-corrected chi connectivity index (χ4v) is 2.62. The van der Waals surface area contributed by atoms with Gasteiger partial charge in [0.05, 0.1) is 21.3 Å². The highest BCUT2D eigenvalue weighted by molar-refractivity contribution is 5.87. The number of fused-ring (bicyclic) bond motifs is 1. The Morgan fingerprint density at radius 1 is 0.960 bits per heavy atom. The van der Waals surface area contributed by atoms with Crippen LogP contribution in [0.5, 0.6) is 28.7 Å².